The summed E-state index contributed by atoms with van der Waals surface area (Å²) in [6, 6.07) is 68.7. The molecule has 0 N–H and O–H groups in total. The third kappa shape index (κ3) is 4.33. The highest BCUT2D eigenvalue weighted by Crippen LogP contribution is 2.41. The molecule has 0 spiro atoms. The molecule has 1 nitrogen and oxygen atoms in total. The summed E-state index contributed by atoms with van der Waals surface area (Å²) in [5.74, 6) is 0. The van der Waals surface area contributed by atoms with Gasteiger partial charge in [-0.25, -0.2) is 0 Å². The van der Waals surface area contributed by atoms with E-state index in [-0.39, 0.29) is 0 Å². The molecule has 1 heteroatoms. The molecule has 1 heterocycles. The lowest BCUT2D eigenvalue weighted by Crippen LogP contribution is -1.98. The number of hydrogen-bond acceptors (Lipinski definition) is 0. The van der Waals surface area contributed by atoms with Gasteiger partial charge in [0.2, 0.25) is 0 Å². The molecule has 0 atom stereocenters. The van der Waals surface area contributed by atoms with Crippen LogP contribution in [0.5, 0.6) is 0 Å². The van der Waals surface area contributed by atoms with Gasteiger partial charge in [0.25, 0.3) is 0 Å². The lowest BCUT2D eigenvalue weighted by molar-refractivity contribution is 1.18. The van der Waals surface area contributed by atoms with Crippen LogP contribution in [0.15, 0.2) is 188 Å². The monoisotopic (exact) mass is 621 g/mol. The SMILES string of the molecule is c1cc(-c2ccc3c4ccccc4c4ccccc4c3c2)cc(-c2ccccc2-c2ccccc2-n2c3ccccc3c3ccccc32)c1. The molecule has 0 aliphatic heterocycles. The highest BCUT2D eigenvalue weighted by molar-refractivity contribution is 6.25. The largest absolute Gasteiger partial charge is 0.309 e. The molecule has 0 saturated carbocycles. The van der Waals surface area contributed by atoms with E-state index < -0.39 is 0 Å². The van der Waals surface area contributed by atoms with E-state index in [0.717, 1.165) is 0 Å². The van der Waals surface area contributed by atoms with E-state index in [1.807, 2.05) is 0 Å². The van der Waals surface area contributed by atoms with Crippen molar-refractivity contribution in [3.63, 3.8) is 0 Å². The molecule has 1 aromatic heterocycles. The van der Waals surface area contributed by atoms with E-state index in [4.69, 9.17) is 0 Å². The molecular formula is C48H31N. The maximum absolute atomic E-state index is 2.43. The number of rotatable bonds is 4. The lowest BCUT2D eigenvalue weighted by atomic mass is 9.90. The topological polar surface area (TPSA) is 4.93 Å². The fourth-order valence-corrected chi connectivity index (χ4v) is 8.00. The van der Waals surface area contributed by atoms with Gasteiger partial charge in [-0.05, 0) is 90.5 Å². The van der Waals surface area contributed by atoms with Gasteiger partial charge in [-0.3, -0.25) is 0 Å². The van der Waals surface area contributed by atoms with Gasteiger partial charge in [0, 0.05) is 16.3 Å². The Morgan fingerprint density at radius 3 is 1.35 bits per heavy atom. The van der Waals surface area contributed by atoms with Gasteiger partial charge in [-0.15, -0.1) is 0 Å². The van der Waals surface area contributed by atoms with Gasteiger partial charge >= 0.3 is 0 Å². The zero-order valence-electron chi connectivity index (χ0n) is 26.8. The molecule has 0 bridgehead atoms. The Labute approximate surface area is 284 Å². The predicted octanol–water partition coefficient (Wildman–Crippen LogP) is 13.2. The standard InChI is InChI=1S/C48H31N/c1-2-17-36(42-22-7-10-25-46(42)49-47-26-11-8-23-43(47)44-24-9-12-27-48(44)49)35(16-1)34-15-13-14-32(30-34)33-28-29-41-39-20-4-3-18-37(39)38-19-5-6-21-40(38)45(41)31-33/h1-31H. The Morgan fingerprint density at radius 2 is 0.694 bits per heavy atom. The summed E-state index contributed by atoms with van der Waals surface area (Å²) in [7, 11) is 0. The summed E-state index contributed by atoms with van der Waals surface area (Å²) in [5.41, 5.74) is 10.9. The van der Waals surface area contributed by atoms with Crippen LogP contribution in [0.3, 0.4) is 0 Å². The number of para-hydroxylation sites is 3. The van der Waals surface area contributed by atoms with Gasteiger partial charge in [-0.2, -0.15) is 0 Å². The van der Waals surface area contributed by atoms with E-state index in [1.54, 1.807) is 0 Å². The van der Waals surface area contributed by atoms with Crippen molar-refractivity contribution in [2.75, 3.05) is 0 Å². The molecule has 0 aliphatic rings. The molecule has 228 valence electrons. The van der Waals surface area contributed by atoms with Crippen LogP contribution >= 0.6 is 0 Å². The minimum absolute atomic E-state index is 1.18. The number of nitrogens with zero attached hydrogens (tertiary/aromatic N) is 1. The van der Waals surface area contributed by atoms with Crippen molar-refractivity contribution >= 4 is 54.1 Å². The molecular weight excluding hydrogens is 591 g/mol. The third-order valence-electron chi connectivity index (χ3n) is 10.2. The van der Waals surface area contributed by atoms with Crippen molar-refractivity contribution in [2.45, 2.75) is 0 Å². The van der Waals surface area contributed by atoms with Crippen molar-refractivity contribution in [3.05, 3.63) is 188 Å². The first kappa shape index (κ1) is 27.7. The lowest BCUT2D eigenvalue weighted by Gasteiger charge is -2.17. The highest BCUT2D eigenvalue weighted by atomic mass is 15.0. The first-order valence-corrected chi connectivity index (χ1v) is 16.9. The summed E-state index contributed by atoms with van der Waals surface area (Å²) < 4.78 is 2.43. The summed E-state index contributed by atoms with van der Waals surface area (Å²) in [6.45, 7) is 0. The molecule has 0 aliphatic carbocycles. The minimum Gasteiger partial charge on any atom is -0.309 e. The van der Waals surface area contributed by atoms with Crippen molar-refractivity contribution < 1.29 is 0 Å². The molecule has 9 aromatic carbocycles. The molecule has 0 unspecified atom stereocenters. The Balaban J connectivity index is 1.14. The summed E-state index contributed by atoms with van der Waals surface area (Å²) in [6.07, 6.45) is 0. The molecule has 49 heavy (non-hydrogen) atoms. The molecule has 10 aromatic rings. The van der Waals surface area contributed by atoms with Gasteiger partial charge in [0.15, 0.2) is 0 Å². The Kier molecular flexibility index (Phi) is 6.25. The molecule has 0 radical (unpaired) electrons. The summed E-state index contributed by atoms with van der Waals surface area (Å²) in [4.78, 5) is 0. The second kappa shape index (κ2) is 11.1. The number of aromatic nitrogens is 1. The molecule has 0 saturated heterocycles. The predicted molar refractivity (Wildman–Crippen MR) is 210 cm³/mol. The Hall–Kier alpha value is -6.44. The minimum atomic E-state index is 1.18. The van der Waals surface area contributed by atoms with Gasteiger partial charge in [0.1, 0.15) is 0 Å². The van der Waals surface area contributed by atoms with E-state index in [1.165, 1.54) is 93.2 Å². The number of benzene rings is 9. The van der Waals surface area contributed by atoms with Crippen LogP contribution in [-0.4, -0.2) is 4.57 Å². The van der Waals surface area contributed by atoms with E-state index in [2.05, 4.69) is 193 Å². The van der Waals surface area contributed by atoms with Gasteiger partial charge < -0.3 is 4.57 Å². The van der Waals surface area contributed by atoms with Crippen LogP contribution in [0.25, 0.3) is 93.2 Å². The first-order valence-electron chi connectivity index (χ1n) is 16.9. The van der Waals surface area contributed by atoms with Crippen LogP contribution in [0, 0.1) is 0 Å². The van der Waals surface area contributed by atoms with Crippen LogP contribution in [0.4, 0.5) is 0 Å². The number of fused-ring (bicyclic) bond motifs is 9. The van der Waals surface area contributed by atoms with Gasteiger partial charge in [-0.1, -0.05) is 158 Å². The van der Waals surface area contributed by atoms with E-state index in [0.29, 0.717) is 0 Å². The fourth-order valence-electron chi connectivity index (χ4n) is 8.00. The first-order chi connectivity index (χ1) is 24.3. The maximum atomic E-state index is 2.43. The summed E-state index contributed by atoms with van der Waals surface area (Å²) >= 11 is 0. The molecule has 10 rings (SSSR count). The average Bonchev–Trinajstić information content (AvgIpc) is 3.52. The second-order valence-corrected chi connectivity index (χ2v) is 12.9. The van der Waals surface area contributed by atoms with E-state index in [9.17, 15) is 0 Å². The second-order valence-electron chi connectivity index (χ2n) is 12.9. The van der Waals surface area contributed by atoms with Crippen molar-refractivity contribution in [3.8, 4) is 39.1 Å². The number of hydrogen-bond donors (Lipinski definition) is 0. The molecule has 0 amide bonds. The third-order valence-corrected chi connectivity index (χ3v) is 10.2. The van der Waals surface area contributed by atoms with Gasteiger partial charge in [0.05, 0.1) is 16.7 Å². The zero-order chi connectivity index (χ0) is 32.3. The van der Waals surface area contributed by atoms with Crippen molar-refractivity contribution in [1.29, 1.82) is 0 Å². The highest BCUT2D eigenvalue weighted by Gasteiger charge is 2.17. The maximum Gasteiger partial charge on any atom is 0.0541 e. The average molecular weight is 622 g/mol. The van der Waals surface area contributed by atoms with Crippen LogP contribution < -0.4 is 0 Å². The summed E-state index contributed by atoms with van der Waals surface area (Å²) in [5, 5.41) is 10.3. The smallest absolute Gasteiger partial charge is 0.0541 e. The zero-order valence-corrected chi connectivity index (χ0v) is 26.8. The van der Waals surface area contributed by atoms with E-state index >= 15 is 0 Å². The Bertz CT molecular complexity index is 2800. The van der Waals surface area contributed by atoms with Crippen molar-refractivity contribution in [1.82, 2.24) is 4.57 Å². The van der Waals surface area contributed by atoms with Crippen LogP contribution in [-0.2, 0) is 0 Å². The Morgan fingerprint density at radius 1 is 0.245 bits per heavy atom. The van der Waals surface area contributed by atoms with Crippen molar-refractivity contribution in [2.24, 2.45) is 0 Å². The fraction of sp³-hybridized carbons (Fsp3) is 0. The quantitative estimate of drug-likeness (QED) is 0.172. The molecule has 0 fully saturated rings. The van der Waals surface area contributed by atoms with Crippen LogP contribution in [0.1, 0.15) is 0 Å². The van der Waals surface area contributed by atoms with Crippen LogP contribution in [0.2, 0.25) is 0 Å². The normalized spacial score (nSPS) is 11.7.